The van der Waals surface area contributed by atoms with Gasteiger partial charge in [-0.1, -0.05) is 12.1 Å². The van der Waals surface area contributed by atoms with E-state index in [2.05, 4.69) is 15.3 Å². The number of carbonyl (C=O) groups excluding carboxylic acids is 4. The van der Waals surface area contributed by atoms with Crippen LogP contribution in [0.1, 0.15) is 44.5 Å². The Morgan fingerprint density at radius 2 is 1.82 bits per heavy atom. The number of nitrogens with one attached hydrogen (secondary N) is 2. The van der Waals surface area contributed by atoms with E-state index in [1.165, 1.54) is 23.2 Å². The standard InChI is InChI=1S/C29H26F3N7O5/c1-16(29(30,31)32)34-25(40)21-6-7-22-24(35-21)39(17-9-11-37(22)15-17)28(43)36-23-14-18(8-10-33-23)44-13-12-38-26(41)19-4-2-3-5-20(19)27(38)42/h2-8,10,14,16-17H,9,11-13,15H2,1H3,(H,34,40)(H,33,36,43)/t16?,17-/m0/s1. The average Bonchev–Trinajstić information content (AvgIpc) is 3.52. The first-order valence-electron chi connectivity index (χ1n) is 13.8. The van der Waals surface area contributed by atoms with Gasteiger partial charge in [0.15, 0.2) is 5.82 Å². The van der Waals surface area contributed by atoms with Gasteiger partial charge in [0.25, 0.3) is 17.7 Å². The second-order valence-corrected chi connectivity index (χ2v) is 10.5. The molecular formula is C29H26F3N7O5. The van der Waals surface area contributed by atoms with Crippen molar-refractivity contribution in [3.8, 4) is 5.75 Å². The molecule has 5 amide bonds. The number of alkyl halides is 3. The monoisotopic (exact) mass is 609 g/mol. The molecule has 1 aromatic carbocycles. The van der Waals surface area contributed by atoms with Gasteiger partial charge in [-0.05, 0) is 43.7 Å². The first kappa shape index (κ1) is 28.9. The number of ether oxygens (including phenoxy) is 1. The number of benzene rings is 1. The number of carbonyl (C=O) groups is 4. The molecule has 2 bridgehead atoms. The third-order valence-electron chi connectivity index (χ3n) is 7.67. The van der Waals surface area contributed by atoms with Gasteiger partial charge < -0.3 is 15.0 Å². The van der Waals surface area contributed by atoms with E-state index in [-0.39, 0.29) is 36.5 Å². The smallest absolute Gasteiger partial charge is 0.408 e. The average molecular weight is 610 g/mol. The maximum Gasteiger partial charge on any atom is 0.408 e. The maximum atomic E-state index is 13.5. The number of hydrogen-bond donors (Lipinski definition) is 2. The highest BCUT2D eigenvalue weighted by Crippen LogP contribution is 2.39. The molecule has 3 aliphatic heterocycles. The number of anilines is 3. The summed E-state index contributed by atoms with van der Waals surface area (Å²) in [5.41, 5.74) is 1.00. The van der Waals surface area contributed by atoms with E-state index in [4.69, 9.17) is 4.74 Å². The molecule has 0 saturated carbocycles. The molecule has 0 aliphatic carbocycles. The largest absolute Gasteiger partial charge is 0.492 e. The Morgan fingerprint density at radius 3 is 2.52 bits per heavy atom. The minimum Gasteiger partial charge on any atom is -0.492 e. The van der Waals surface area contributed by atoms with Crippen molar-refractivity contribution in [1.82, 2.24) is 20.2 Å². The number of aromatic nitrogens is 2. The van der Waals surface area contributed by atoms with Gasteiger partial charge in [0, 0.05) is 25.4 Å². The van der Waals surface area contributed by atoms with Crippen LogP contribution in [0.25, 0.3) is 0 Å². The van der Waals surface area contributed by atoms with Crippen molar-refractivity contribution in [2.75, 3.05) is 41.4 Å². The zero-order chi connectivity index (χ0) is 31.2. The number of imide groups is 1. The lowest BCUT2D eigenvalue weighted by atomic mass is 10.1. The van der Waals surface area contributed by atoms with Crippen molar-refractivity contribution in [3.05, 3.63) is 71.5 Å². The summed E-state index contributed by atoms with van der Waals surface area (Å²) < 4.78 is 44.7. The SMILES string of the molecule is CC(NC(=O)c1ccc2c(n1)N(C(=O)Nc1cc(OCCN3C(=O)c4ccccc4C3=O)ccn1)[C@H]1CCN2C1)C(F)(F)F. The predicted octanol–water partition coefficient (Wildman–Crippen LogP) is 3.46. The van der Waals surface area contributed by atoms with Crippen molar-refractivity contribution in [2.45, 2.75) is 31.6 Å². The van der Waals surface area contributed by atoms with Crippen LogP contribution in [0.4, 0.5) is 35.3 Å². The van der Waals surface area contributed by atoms with Gasteiger partial charge in [0.2, 0.25) is 0 Å². The number of halogens is 3. The molecule has 3 aromatic rings. The summed E-state index contributed by atoms with van der Waals surface area (Å²) in [5, 5.41) is 4.60. The lowest BCUT2D eigenvalue weighted by molar-refractivity contribution is -0.149. The third kappa shape index (κ3) is 5.36. The van der Waals surface area contributed by atoms with Crippen LogP contribution in [0, 0.1) is 0 Å². The van der Waals surface area contributed by atoms with Gasteiger partial charge in [0.1, 0.15) is 29.9 Å². The van der Waals surface area contributed by atoms with Gasteiger partial charge in [-0.25, -0.2) is 14.8 Å². The Kier molecular flexibility index (Phi) is 7.31. The molecule has 44 heavy (non-hydrogen) atoms. The number of pyridine rings is 2. The van der Waals surface area contributed by atoms with Crippen LogP contribution in [0.3, 0.4) is 0 Å². The molecule has 228 valence electrons. The van der Waals surface area contributed by atoms with E-state index in [0.717, 1.165) is 11.8 Å². The summed E-state index contributed by atoms with van der Waals surface area (Å²) in [6.07, 6.45) is -2.59. The third-order valence-corrected chi connectivity index (χ3v) is 7.67. The summed E-state index contributed by atoms with van der Waals surface area (Å²) >= 11 is 0. The number of nitrogens with zero attached hydrogens (tertiary/aromatic N) is 5. The molecule has 12 nitrogen and oxygen atoms in total. The Balaban J connectivity index is 1.13. The molecule has 0 spiro atoms. The van der Waals surface area contributed by atoms with Gasteiger partial charge in [-0.2, -0.15) is 13.2 Å². The minimum atomic E-state index is -4.62. The topological polar surface area (TPSA) is 137 Å². The van der Waals surface area contributed by atoms with Gasteiger partial charge in [0.05, 0.1) is 29.4 Å². The summed E-state index contributed by atoms with van der Waals surface area (Å²) in [7, 11) is 0. The highest BCUT2D eigenvalue weighted by Gasteiger charge is 2.42. The van der Waals surface area contributed by atoms with E-state index in [9.17, 15) is 32.3 Å². The van der Waals surface area contributed by atoms with Crippen LogP contribution < -0.4 is 25.2 Å². The molecule has 1 fully saturated rings. The fourth-order valence-corrected chi connectivity index (χ4v) is 5.39. The number of amides is 5. The zero-order valence-corrected chi connectivity index (χ0v) is 23.3. The Bertz CT molecular complexity index is 1630. The quantitative estimate of drug-likeness (QED) is 0.389. The number of hydrogen-bond acceptors (Lipinski definition) is 8. The van der Waals surface area contributed by atoms with Crippen molar-refractivity contribution in [3.63, 3.8) is 0 Å². The van der Waals surface area contributed by atoms with E-state index in [1.54, 1.807) is 36.4 Å². The van der Waals surface area contributed by atoms with Crippen molar-refractivity contribution in [1.29, 1.82) is 0 Å². The van der Waals surface area contributed by atoms with Crippen LogP contribution >= 0.6 is 0 Å². The van der Waals surface area contributed by atoms with Gasteiger partial charge in [-0.3, -0.25) is 29.5 Å². The fraction of sp³-hybridized carbons (Fsp3) is 0.310. The lowest BCUT2D eigenvalue weighted by Crippen LogP contribution is -2.49. The van der Waals surface area contributed by atoms with Crippen molar-refractivity contribution in [2.24, 2.45) is 0 Å². The number of urea groups is 1. The highest BCUT2D eigenvalue weighted by molar-refractivity contribution is 6.21. The maximum absolute atomic E-state index is 13.5. The Morgan fingerprint density at radius 1 is 1.09 bits per heavy atom. The molecule has 2 aromatic heterocycles. The lowest BCUT2D eigenvalue weighted by Gasteiger charge is -2.35. The van der Waals surface area contributed by atoms with Crippen LogP contribution in [0.15, 0.2) is 54.7 Å². The van der Waals surface area contributed by atoms with E-state index in [0.29, 0.717) is 42.1 Å². The summed E-state index contributed by atoms with van der Waals surface area (Å²) in [4.78, 5) is 64.2. The van der Waals surface area contributed by atoms with Gasteiger partial charge in [-0.15, -0.1) is 0 Å². The molecule has 3 aliphatic rings. The second-order valence-electron chi connectivity index (χ2n) is 10.5. The normalized spacial score (nSPS) is 17.7. The first-order chi connectivity index (χ1) is 21.0. The summed E-state index contributed by atoms with van der Waals surface area (Å²) in [5.74, 6) is -1.19. The highest BCUT2D eigenvalue weighted by atomic mass is 19.4. The van der Waals surface area contributed by atoms with Crippen molar-refractivity contribution >= 4 is 41.1 Å². The molecule has 5 heterocycles. The Hall–Kier alpha value is -5.21. The first-order valence-corrected chi connectivity index (χ1v) is 13.8. The van der Waals surface area contributed by atoms with Gasteiger partial charge >= 0.3 is 12.2 Å². The van der Waals surface area contributed by atoms with Crippen LogP contribution in [0.5, 0.6) is 5.75 Å². The molecule has 6 rings (SSSR count). The van der Waals surface area contributed by atoms with Crippen LogP contribution in [-0.2, 0) is 0 Å². The van der Waals surface area contributed by atoms with Crippen LogP contribution in [0.2, 0.25) is 0 Å². The molecule has 15 heteroatoms. The molecule has 2 atom stereocenters. The summed E-state index contributed by atoms with van der Waals surface area (Å²) in [6.45, 7) is 2.00. The minimum absolute atomic E-state index is 0.00198. The molecule has 2 N–H and O–H groups in total. The number of fused-ring (bicyclic) bond motifs is 5. The molecule has 1 saturated heterocycles. The predicted molar refractivity (Wildman–Crippen MR) is 151 cm³/mol. The molecule has 0 radical (unpaired) electrons. The van der Waals surface area contributed by atoms with E-state index >= 15 is 0 Å². The number of rotatable bonds is 7. The fourth-order valence-electron chi connectivity index (χ4n) is 5.39. The van der Waals surface area contributed by atoms with E-state index < -0.39 is 36.0 Å². The summed E-state index contributed by atoms with van der Waals surface area (Å²) in [6, 6.07) is 9.52. The Labute approximate surface area is 248 Å². The zero-order valence-electron chi connectivity index (χ0n) is 23.3. The van der Waals surface area contributed by atoms with Crippen LogP contribution in [-0.4, -0.2) is 83.1 Å². The van der Waals surface area contributed by atoms with Crippen molar-refractivity contribution < 1.29 is 37.1 Å². The van der Waals surface area contributed by atoms with E-state index in [1.807, 2.05) is 10.2 Å². The second kappa shape index (κ2) is 11.1. The molecule has 1 unspecified atom stereocenters. The molecular weight excluding hydrogens is 583 g/mol.